The van der Waals surface area contributed by atoms with Crippen molar-refractivity contribution in [1.82, 2.24) is 0 Å². The van der Waals surface area contributed by atoms with E-state index >= 15 is 0 Å². The Bertz CT molecular complexity index is 1400. The fourth-order valence-electron chi connectivity index (χ4n) is 10.9. The van der Waals surface area contributed by atoms with Gasteiger partial charge in [-0.1, -0.05) is 345 Å². The van der Waals surface area contributed by atoms with Crippen LogP contribution < -0.4 is 0 Å². The first-order valence-electron chi connectivity index (χ1n) is 36.1. The number of hydrogen-bond acceptors (Lipinski definition) is 6. The SMILES string of the molecule is CC/C=C\C/C=C\C/C=C\CCCCCCCC(=O)OCC(COC(=O)CCCCCCCCCCCCCCCCCCCCCCCCCCCCCCCCC)OC(=O)CCCCCCCCC/C=C\CCCCCCCC. The smallest absolute Gasteiger partial charge is 0.306 e. The van der Waals surface area contributed by atoms with Crippen LogP contribution >= 0.6 is 0 Å². The zero-order valence-electron chi connectivity index (χ0n) is 54.6. The molecule has 0 aromatic carbocycles. The van der Waals surface area contributed by atoms with E-state index < -0.39 is 6.10 Å². The molecule has 1 unspecified atom stereocenters. The monoisotopic (exact) mass is 1140 g/mol. The van der Waals surface area contributed by atoms with Crippen LogP contribution in [0.25, 0.3) is 0 Å². The molecule has 6 heteroatoms. The van der Waals surface area contributed by atoms with E-state index in [-0.39, 0.29) is 31.1 Å². The normalized spacial score (nSPS) is 12.3. The molecule has 0 fully saturated rings. The number of hydrogen-bond donors (Lipinski definition) is 0. The minimum Gasteiger partial charge on any atom is -0.462 e. The van der Waals surface area contributed by atoms with Crippen molar-refractivity contribution in [3.63, 3.8) is 0 Å². The lowest BCUT2D eigenvalue weighted by atomic mass is 10.0. The van der Waals surface area contributed by atoms with Crippen molar-refractivity contribution in [2.45, 2.75) is 399 Å². The van der Waals surface area contributed by atoms with Gasteiger partial charge in [0.15, 0.2) is 6.10 Å². The lowest BCUT2D eigenvalue weighted by molar-refractivity contribution is -0.167. The van der Waals surface area contributed by atoms with Crippen LogP contribution in [-0.4, -0.2) is 37.2 Å². The maximum absolute atomic E-state index is 12.9. The number of esters is 3. The summed E-state index contributed by atoms with van der Waals surface area (Å²) in [4.78, 5) is 38.4. The Morgan fingerprint density at radius 3 is 0.765 bits per heavy atom. The Hall–Kier alpha value is -2.63. The minimum atomic E-state index is -0.782. The molecule has 0 saturated carbocycles. The molecule has 0 aliphatic heterocycles. The predicted octanol–water partition coefficient (Wildman–Crippen LogP) is 24.9. The second kappa shape index (κ2) is 69.9. The van der Waals surface area contributed by atoms with E-state index in [1.165, 1.54) is 257 Å². The van der Waals surface area contributed by atoms with Crippen molar-refractivity contribution >= 4 is 17.9 Å². The maximum atomic E-state index is 12.9. The third-order valence-electron chi connectivity index (χ3n) is 16.3. The first kappa shape index (κ1) is 78.4. The number of ether oxygens (including phenoxy) is 3. The summed E-state index contributed by atoms with van der Waals surface area (Å²) >= 11 is 0. The molecule has 0 N–H and O–H groups in total. The van der Waals surface area contributed by atoms with E-state index in [9.17, 15) is 14.4 Å². The summed E-state index contributed by atoms with van der Waals surface area (Å²) < 4.78 is 17.0. The van der Waals surface area contributed by atoms with Gasteiger partial charge >= 0.3 is 17.9 Å². The highest BCUT2D eigenvalue weighted by atomic mass is 16.6. The molecule has 0 rings (SSSR count). The van der Waals surface area contributed by atoms with Gasteiger partial charge in [-0.05, 0) is 77.0 Å². The molecule has 1 atom stereocenters. The molecule has 0 saturated heterocycles. The molecule has 0 aromatic heterocycles. The zero-order valence-corrected chi connectivity index (χ0v) is 54.6. The fourth-order valence-corrected chi connectivity index (χ4v) is 10.9. The van der Waals surface area contributed by atoms with Crippen molar-refractivity contribution in [1.29, 1.82) is 0 Å². The molecule has 81 heavy (non-hydrogen) atoms. The molecule has 0 bridgehead atoms. The number of rotatable bonds is 67. The van der Waals surface area contributed by atoms with Gasteiger partial charge in [0.25, 0.3) is 0 Å². The molecule has 0 heterocycles. The second-order valence-corrected chi connectivity index (χ2v) is 24.5. The van der Waals surface area contributed by atoms with E-state index in [1.54, 1.807) is 0 Å². The quantitative estimate of drug-likeness (QED) is 0.0261. The third-order valence-corrected chi connectivity index (χ3v) is 16.3. The molecule has 6 nitrogen and oxygen atoms in total. The molecule has 0 aliphatic rings. The summed E-state index contributed by atoms with van der Waals surface area (Å²) in [7, 11) is 0. The Morgan fingerprint density at radius 2 is 0.481 bits per heavy atom. The van der Waals surface area contributed by atoms with Crippen LogP contribution in [0.2, 0.25) is 0 Å². The predicted molar refractivity (Wildman–Crippen MR) is 353 cm³/mol. The van der Waals surface area contributed by atoms with Crippen molar-refractivity contribution in [3.05, 3.63) is 48.6 Å². The molecular weight excluding hydrogens is 997 g/mol. The maximum Gasteiger partial charge on any atom is 0.306 e. The van der Waals surface area contributed by atoms with Crippen LogP contribution in [0.1, 0.15) is 393 Å². The molecule has 0 aliphatic carbocycles. The van der Waals surface area contributed by atoms with E-state index in [4.69, 9.17) is 14.2 Å². The third kappa shape index (κ3) is 68.0. The van der Waals surface area contributed by atoms with Gasteiger partial charge in [0.05, 0.1) is 0 Å². The van der Waals surface area contributed by atoms with Crippen molar-refractivity contribution in [3.8, 4) is 0 Å². The lowest BCUT2D eigenvalue weighted by Crippen LogP contribution is -2.30. The molecule has 474 valence electrons. The Labute approximate surface area is 505 Å². The van der Waals surface area contributed by atoms with Crippen molar-refractivity contribution < 1.29 is 28.6 Å². The molecule has 0 spiro atoms. The first-order valence-corrected chi connectivity index (χ1v) is 36.1. The Kier molecular flexibility index (Phi) is 67.6. The minimum absolute atomic E-state index is 0.0767. The van der Waals surface area contributed by atoms with Crippen LogP contribution in [0.5, 0.6) is 0 Å². The summed E-state index contributed by atoms with van der Waals surface area (Å²) in [5, 5.41) is 0. The largest absolute Gasteiger partial charge is 0.462 e. The van der Waals surface area contributed by atoms with E-state index in [2.05, 4.69) is 69.4 Å². The number of unbranched alkanes of at least 4 members (excludes halogenated alkanes) is 48. The first-order chi connectivity index (χ1) is 40.0. The van der Waals surface area contributed by atoms with E-state index in [0.29, 0.717) is 19.3 Å². The van der Waals surface area contributed by atoms with Crippen LogP contribution in [0, 0.1) is 0 Å². The topological polar surface area (TPSA) is 78.9 Å². The number of carbonyl (C=O) groups excluding carboxylic acids is 3. The highest BCUT2D eigenvalue weighted by Crippen LogP contribution is 2.19. The summed E-state index contributed by atoms with van der Waals surface area (Å²) in [5.74, 6) is -0.874. The van der Waals surface area contributed by atoms with Crippen molar-refractivity contribution in [2.24, 2.45) is 0 Å². The Morgan fingerprint density at radius 1 is 0.259 bits per heavy atom. The van der Waals surface area contributed by atoms with Crippen LogP contribution in [0.15, 0.2) is 48.6 Å². The highest BCUT2D eigenvalue weighted by Gasteiger charge is 2.19. The zero-order chi connectivity index (χ0) is 58.5. The van der Waals surface area contributed by atoms with Gasteiger partial charge in [0, 0.05) is 19.3 Å². The fraction of sp³-hybridized carbons (Fsp3) is 0.853. The average molecular weight is 1140 g/mol. The molecule has 0 amide bonds. The number of carbonyl (C=O) groups is 3. The van der Waals surface area contributed by atoms with E-state index in [0.717, 1.165) is 96.3 Å². The van der Waals surface area contributed by atoms with Gasteiger partial charge in [-0.3, -0.25) is 14.4 Å². The number of allylic oxidation sites excluding steroid dienone is 8. The van der Waals surface area contributed by atoms with Gasteiger partial charge in [0.2, 0.25) is 0 Å². The highest BCUT2D eigenvalue weighted by molar-refractivity contribution is 5.71. The average Bonchev–Trinajstić information content (AvgIpc) is 3.47. The van der Waals surface area contributed by atoms with Gasteiger partial charge in [-0.2, -0.15) is 0 Å². The molecular formula is C75H138O6. The van der Waals surface area contributed by atoms with Gasteiger partial charge < -0.3 is 14.2 Å². The summed E-state index contributed by atoms with van der Waals surface area (Å²) in [6, 6.07) is 0. The van der Waals surface area contributed by atoms with Gasteiger partial charge in [0.1, 0.15) is 13.2 Å². The van der Waals surface area contributed by atoms with Crippen molar-refractivity contribution in [2.75, 3.05) is 13.2 Å². The van der Waals surface area contributed by atoms with Crippen LogP contribution in [0.4, 0.5) is 0 Å². The van der Waals surface area contributed by atoms with E-state index in [1.807, 2.05) is 0 Å². The van der Waals surface area contributed by atoms with Gasteiger partial charge in [-0.25, -0.2) is 0 Å². The van der Waals surface area contributed by atoms with Gasteiger partial charge in [-0.15, -0.1) is 0 Å². The second-order valence-electron chi connectivity index (χ2n) is 24.5. The van der Waals surface area contributed by atoms with Crippen LogP contribution in [-0.2, 0) is 28.6 Å². The standard InChI is InChI=1S/C75H138O6/c1-4-7-10-13-16-19-22-25-28-30-31-32-33-34-35-36-37-38-39-40-41-42-43-45-47-50-53-56-59-62-65-68-74(77)80-71-72(70-79-73(76)67-64-61-58-55-52-49-46-27-24-21-18-15-12-9-6-3)81-75(78)69-66-63-60-57-54-51-48-44-29-26-23-20-17-14-11-8-5-2/h9,12,18,21,26-27,29,46,72H,4-8,10-11,13-17,19-20,22-25,28,30-45,47-71H2,1-3H3/b12-9-,21-18-,29-26-,46-27-. The van der Waals surface area contributed by atoms with Crippen LogP contribution in [0.3, 0.4) is 0 Å². The Balaban J connectivity index is 4.17. The molecule has 0 radical (unpaired) electrons. The summed E-state index contributed by atoms with van der Waals surface area (Å²) in [6.07, 6.45) is 88.8. The summed E-state index contributed by atoms with van der Waals surface area (Å²) in [6.45, 7) is 6.57. The molecule has 0 aromatic rings. The lowest BCUT2D eigenvalue weighted by Gasteiger charge is -2.18. The summed E-state index contributed by atoms with van der Waals surface area (Å²) in [5.41, 5.74) is 0.